The quantitative estimate of drug-likeness (QED) is 0.588. The number of fused-ring (bicyclic) bond motifs is 1. The zero-order valence-electron chi connectivity index (χ0n) is 20.1. The normalized spacial score (nSPS) is 20.5. The molecule has 0 amide bonds. The smallest absolute Gasteiger partial charge is 0.159 e. The van der Waals surface area contributed by atoms with Gasteiger partial charge in [0.1, 0.15) is 24.5 Å². The summed E-state index contributed by atoms with van der Waals surface area (Å²) < 4.78 is 16.5. The molecule has 0 radical (unpaired) electrons. The zero-order valence-corrected chi connectivity index (χ0v) is 20.1. The van der Waals surface area contributed by atoms with Crippen LogP contribution in [0.4, 0.5) is 0 Å². The lowest BCUT2D eigenvalue weighted by Crippen LogP contribution is -2.48. The van der Waals surface area contributed by atoms with Crippen molar-refractivity contribution in [3.05, 3.63) is 84.4 Å². The van der Waals surface area contributed by atoms with Crippen LogP contribution in [-0.2, 0) is 9.47 Å². The van der Waals surface area contributed by atoms with Crippen molar-refractivity contribution in [1.29, 1.82) is 0 Å². The van der Waals surface area contributed by atoms with Gasteiger partial charge in [0, 0.05) is 18.0 Å². The van der Waals surface area contributed by atoms with E-state index in [0.717, 1.165) is 61.0 Å². The average Bonchev–Trinajstić information content (AvgIpc) is 2.93. The number of rotatable bonds is 8. The number of allylic oxidation sites excluding steroid dienone is 3. The van der Waals surface area contributed by atoms with Crippen LogP contribution in [0.5, 0.6) is 5.75 Å². The minimum atomic E-state index is -0.589. The van der Waals surface area contributed by atoms with Gasteiger partial charge in [-0.15, -0.1) is 0 Å². The standard InChI is InChI=1S/C28H33N3O4/c1-33-22-16-24-23(8-5-9-25(24)29-17-22)26(32)18-31-12-10-21(11-13-31)30-28(20-6-3-2-4-7-20)27-19-34-14-15-35-27/h2-3,5-6,8-9,14-17,19,21,26,28,30,32H,4,7,10-13,18H2,1H3. The Morgan fingerprint density at radius 2 is 2.14 bits per heavy atom. The van der Waals surface area contributed by atoms with Crippen molar-refractivity contribution < 1.29 is 19.3 Å². The minimum absolute atomic E-state index is 0.00482. The number of nitrogens with zero attached hydrogens (tertiary/aromatic N) is 2. The Balaban J connectivity index is 1.21. The number of aliphatic hydroxyl groups is 1. The number of aromatic nitrogens is 1. The molecule has 35 heavy (non-hydrogen) atoms. The van der Waals surface area contributed by atoms with Gasteiger partial charge in [0.05, 0.1) is 31.0 Å². The molecule has 7 heteroatoms. The van der Waals surface area contributed by atoms with Crippen molar-refractivity contribution in [2.24, 2.45) is 0 Å². The molecule has 0 saturated carbocycles. The molecule has 2 atom stereocenters. The SMILES string of the molecule is COc1cnc2cccc(C(O)CN3CCC(NC(C4=CC=CCC4)C4=COC=CO4)CC3)c2c1. The van der Waals surface area contributed by atoms with Crippen LogP contribution in [0.15, 0.2) is 78.8 Å². The van der Waals surface area contributed by atoms with Crippen molar-refractivity contribution in [2.45, 2.75) is 43.9 Å². The van der Waals surface area contributed by atoms with Crippen LogP contribution in [0.3, 0.4) is 0 Å². The summed E-state index contributed by atoms with van der Waals surface area (Å²) in [6, 6.07) is 8.21. The molecule has 2 unspecified atom stereocenters. The van der Waals surface area contributed by atoms with Crippen molar-refractivity contribution >= 4 is 10.9 Å². The molecule has 3 aliphatic rings. The first-order valence-corrected chi connectivity index (χ1v) is 12.3. The number of methoxy groups -OCH3 is 1. The van der Waals surface area contributed by atoms with Crippen LogP contribution in [0.1, 0.15) is 37.4 Å². The summed E-state index contributed by atoms with van der Waals surface area (Å²) in [6.45, 7) is 2.43. The van der Waals surface area contributed by atoms with Gasteiger partial charge in [0.2, 0.25) is 0 Å². The van der Waals surface area contributed by atoms with Gasteiger partial charge in [-0.05, 0) is 62.0 Å². The highest BCUT2D eigenvalue weighted by Crippen LogP contribution is 2.29. The number of ether oxygens (including phenoxy) is 3. The van der Waals surface area contributed by atoms with E-state index in [2.05, 4.69) is 33.4 Å². The summed E-state index contributed by atoms with van der Waals surface area (Å²) in [5, 5.41) is 15.9. The van der Waals surface area contributed by atoms with Gasteiger partial charge in [-0.25, -0.2) is 0 Å². The van der Waals surface area contributed by atoms with E-state index in [1.165, 1.54) is 5.57 Å². The number of likely N-dealkylation sites (tertiary alicyclic amines) is 1. The number of hydrogen-bond donors (Lipinski definition) is 2. The van der Waals surface area contributed by atoms with Gasteiger partial charge in [-0.2, -0.15) is 0 Å². The Bertz CT molecular complexity index is 1150. The van der Waals surface area contributed by atoms with Gasteiger partial charge >= 0.3 is 0 Å². The van der Waals surface area contributed by atoms with Crippen LogP contribution in [0, 0.1) is 0 Å². The van der Waals surface area contributed by atoms with Gasteiger partial charge in [0.25, 0.3) is 0 Å². The fraction of sp³-hybridized carbons (Fsp3) is 0.393. The maximum absolute atomic E-state index is 11.1. The van der Waals surface area contributed by atoms with E-state index in [1.807, 2.05) is 24.3 Å². The Morgan fingerprint density at radius 3 is 2.89 bits per heavy atom. The summed E-state index contributed by atoms with van der Waals surface area (Å²) >= 11 is 0. The molecule has 7 nitrogen and oxygen atoms in total. The molecule has 0 spiro atoms. The first-order valence-electron chi connectivity index (χ1n) is 12.3. The fourth-order valence-corrected chi connectivity index (χ4v) is 5.06. The Labute approximate surface area is 206 Å². The molecule has 1 aromatic carbocycles. The first kappa shape index (κ1) is 23.6. The van der Waals surface area contributed by atoms with Gasteiger partial charge in [-0.3, -0.25) is 4.98 Å². The van der Waals surface area contributed by atoms with Crippen molar-refractivity contribution in [2.75, 3.05) is 26.7 Å². The molecule has 2 aliphatic heterocycles. The largest absolute Gasteiger partial charge is 0.495 e. The molecule has 1 saturated heterocycles. The molecule has 0 bridgehead atoms. The average molecular weight is 476 g/mol. The lowest BCUT2D eigenvalue weighted by atomic mass is 9.94. The minimum Gasteiger partial charge on any atom is -0.495 e. The zero-order chi connectivity index (χ0) is 24.0. The predicted molar refractivity (Wildman–Crippen MR) is 135 cm³/mol. The predicted octanol–water partition coefficient (Wildman–Crippen LogP) is 4.34. The van der Waals surface area contributed by atoms with Crippen molar-refractivity contribution in [1.82, 2.24) is 15.2 Å². The molecule has 2 N–H and O–H groups in total. The molecule has 3 heterocycles. The van der Waals surface area contributed by atoms with E-state index in [9.17, 15) is 5.11 Å². The second-order valence-corrected chi connectivity index (χ2v) is 9.23. The third kappa shape index (κ3) is 5.59. The maximum atomic E-state index is 11.1. The van der Waals surface area contributed by atoms with E-state index in [4.69, 9.17) is 14.2 Å². The van der Waals surface area contributed by atoms with Crippen LogP contribution >= 0.6 is 0 Å². The van der Waals surface area contributed by atoms with Crippen LogP contribution in [-0.4, -0.2) is 53.8 Å². The van der Waals surface area contributed by atoms with Crippen molar-refractivity contribution in [3.8, 4) is 5.75 Å². The number of benzene rings is 1. The fourth-order valence-electron chi connectivity index (χ4n) is 5.06. The highest BCUT2D eigenvalue weighted by atomic mass is 16.5. The molecule has 1 aromatic heterocycles. The Kier molecular flexibility index (Phi) is 7.47. The highest BCUT2D eigenvalue weighted by molar-refractivity contribution is 5.83. The Morgan fingerprint density at radius 1 is 1.26 bits per heavy atom. The third-order valence-corrected chi connectivity index (χ3v) is 6.97. The molecule has 5 rings (SSSR count). The molecule has 184 valence electrons. The van der Waals surface area contributed by atoms with Gasteiger partial charge in [0.15, 0.2) is 5.76 Å². The van der Waals surface area contributed by atoms with E-state index >= 15 is 0 Å². The van der Waals surface area contributed by atoms with Gasteiger partial charge in [-0.1, -0.05) is 30.4 Å². The topological polar surface area (TPSA) is 76.1 Å². The second kappa shape index (κ2) is 11.1. The summed E-state index contributed by atoms with van der Waals surface area (Å²) in [4.78, 5) is 6.80. The molecule has 1 fully saturated rings. The number of aliphatic hydroxyl groups excluding tert-OH is 1. The van der Waals surface area contributed by atoms with Crippen LogP contribution in [0.2, 0.25) is 0 Å². The molecular weight excluding hydrogens is 442 g/mol. The molecule has 2 aromatic rings. The first-order chi connectivity index (χ1) is 17.2. The van der Waals surface area contributed by atoms with E-state index in [0.29, 0.717) is 18.3 Å². The Hall–Kier alpha value is -3.13. The van der Waals surface area contributed by atoms with Gasteiger partial charge < -0.3 is 29.5 Å². The van der Waals surface area contributed by atoms with Crippen LogP contribution in [0.25, 0.3) is 10.9 Å². The van der Waals surface area contributed by atoms with Crippen LogP contribution < -0.4 is 10.1 Å². The lowest BCUT2D eigenvalue weighted by molar-refractivity contribution is 0.0935. The molecule has 1 aliphatic carbocycles. The number of β-amino-alcohol motifs (C(OH)–C–C–N with tert-alkyl or cyclic N) is 1. The maximum Gasteiger partial charge on any atom is 0.159 e. The number of nitrogens with one attached hydrogen (secondary N) is 1. The molecular formula is C28H33N3O4. The van der Waals surface area contributed by atoms with E-state index in [-0.39, 0.29) is 6.04 Å². The summed E-state index contributed by atoms with van der Waals surface area (Å²) in [7, 11) is 1.63. The summed E-state index contributed by atoms with van der Waals surface area (Å²) in [6.07, 6.45) is 16.5. The highest BCUT2D eigenvalue weighted by Gasteiger charge is 2.28. The number of hydrogen-bond acceptors (Lipinski definition) is 7. The third-order valence-electron chi connectivity index (χ3n) is 6.97. The van der Waals surface area contributed by atoms with Crippen molar-refractivity contribution in [3.63, 3.8) is 0 Å². The summed E-state index contributed by atoms with van der Waals surface area (Å²) in [5.74, 6) is 1.49. The van der Waals surface area contributed by atoms with E-state index in [1.54, 1.807) is 32.1 Å². The lowest BCUT2D eigenvalue weighted by Gasteiger charge is -2.36. The van der Waals surface area contributed by atoms with E-state index < -0.39 is 6.10 Å². The summed E-state index contributed by atoms with van der Waals surface area (Å²) in [5.41, 5.74) is 3.07. The monoisotopic (exact) mass is 475 g/mol. The number of piperidine rings is 1. The number of pyridine rings is 1. The second-order valence-electron chi connectivity index (χ2n) is 9.23.